The van der Waals surface area contributed by atoms with Gasteiger partial charge in [-0.3, -0.25) is 4.79 Å². The molecule has 0 bridgehead atoms. The minimum absolute atomic E-state index is 0.147. The van der Waals surface area contributed by atoms with Gasteiger partial charge in [-0.15, -0.1) is 6.58 Å². The van der Waals surface area contributed by atoms with Crippen molar-refractivity contribution in [3.05, 3.63) is 61.2 Å². The first-order valence-corrected chi connectivity index (χ1v) is 7.98. The summed E-state index contributed by atoms with van der Waals surface area (Å²) < 4.78 is 10.3. The van der Waals surface area contributed by atoms with Crippen molar-refractivity contribution in [1.29, 1.82) is 0 Å². The third-order valence-corrected chi connectivity index (χ3v) is 3.51. The quantitative estimate of drug-likeness (QED) is 0.525. The first kappa shape index (κ1) is 19.5. The highest BCUT2D eigenvalue weighted by molar-refractivity contribution is 5.75. The van der Waals surface area contributed by atoms with Crippen LogP contribution in [0.2, 0.25) is 0 Å². The molecule has 0 unspecified atom stereocenters. The molecule has 24 heavy (non-hydrogen) atoms. The Balaban J connectivity index is 2.61. The van der Waals surface area contributed by atoms with E-state index in [4.69, 9.17) is 9.47 Å². The molecule has 0 saturated heterocycles. The summed E-state index contributed by atoms with van der Waals surface area (Å²) in [6.07, 6.45) is 3.58. The van der Waals surface area contributed by atoms with Crippen molar-refractivity contribution in [2.45, 2.75) is 32.4 Å². The van der Waals surface area contributed by atoms with E-state index in [1.807, 2.05) is 37.3 Å². The second-order valence-corrected chi connectivity index (χ2v) is 5.27. The number of esters is 1. The van der Waals surface area contributed by atoms with Crippen molar-refractivity contribution in [1.82, 2.24) is 5.32 Å². The molecular weight excluding hydrogens is 306 g/mol. The van der Waals surface area contributed by atoms with E-state index >= 15 is 0 Å². The maximum absolute atomic E-state index is 12.1. The summed E-state index contributed by atoms with van der Waals surface area (Å²) >= 11 is 0. The molecule has 0 aromatic heterocycles. The van der Waals surface area contributed by atoms with Crippen LogP contribution in [0.15, 0.2) is 55.6 Å². The Labute approximate surface area is 143 Å². The van der Waals surface area contributed by atoms with Crippen LogP contribution in [0.3, 0.4) is 0 Å². The van der Waals surface area contributed by atoms with Gasteiger partial charge in [0.25, 0.3) is 0 Å². The number of nitrogens with one attached hydrogen (secondary N) is 1. The molecular formula is C19H25NO4. The molecule has 2 atom stereocenters. The zero-order valence-corrected chi connectivity index (χ0v) is 14.1. The number of ether oxygens (including phenoxy) is 2. The van der Waals surface area contributed by atoms with Gasteiger partial charge in [0.15, 0.2) is 0 Å². The van der Waals surface area contributed by atoms with E-state index in [-0.39, 0.29) is 19.2 Å². The summed E-state index contributed by atoms with van der Waals surface area (Å²) in [5.74, 6) is -0.833. The highest BCUT2D eigenvalue weighted by atomic mass is 16.5. The summed E-state index contributed by atoms with van der Waals surface area (Å²) in [5, 5.41) is 2.74. The van der Waals surface area contributed by atoms with Gasteiger partial charge in [0.1, 0.15) is 13.2 Å². The van der Waals surface area contributed by atoms with E-state index < -0.39 is 18.1 Å². The average Bonchev–Trinajstić information content (AvgIpc) is 2.60. The topological polar surface area (TPSA) is 64.6 Å². The highest BCUT2D eigenvalue weighted by Crippen LogP contribution is 2.15. The predicted octanol–water partition coefficient (Wildman–Crippen LogP) is 3.61. The summed E-state index contributed by atoms with van der Waals surface area (Å²) in [5.41, 5.74) is 0.894. The minimum Gasteiger partial charge on any atom is -0.461 e. The normalized spacial score (nSPS) is 12.5. The fourth-order valence-electron chi connectivity index (χ4n) is 2.28. The van der Waals surface area contributed by atoms with E-state index in [1.165, 1.54) is 6.08 Å². The standard InChI is InChI=1S/C19H25NO4/c1-4-10-17(16(6-3)18(21)23-13-5-2)20-19(22)24-14-15-11-8-7-9-12-15/h4-5,7-9,11-12,16-17H,1-2,6,10,13-14H2,3H3,(H,20,22)/t16-,17+/m1/s1. The van der Waals surface area contributed by atoms with Crippen LogP contribution < -0.4 is 5.32 Å². The molecule has 0 saturated carbocycles. The van der Waals surface area contributed by atoms with Crippen molar-refractivity contribution >= 4 is 12.1 Å². The predicted molar refractivity (Wildman–Crippen MR) is 93.3 cm³/mol. The minimum atomic E-state index is -0.569. The maximum Gasteiger partial charge on any atom is 0.407 e. The van der Waals surface area contributed by atoms with E-state index in [1.54, 1.807) is 6.08 Å². The molecule has 5 heteroatoms. The zero-order chi connectivity index (χ0) is 17.8. The van der Waals surface area contributed by atoms with Gasteiger partial charge in [0, 0.05) is 6.04 Å². The van der Waals surface area contributed by atoms with Crippen LogP contribution >= 0.6 is 0 Å². The third-order valence-electron chi connectivity index (χ3n) is 3.51. The molecule has 1 N–H and O–H groups in total. The molecule has 0 fully saturated rings. The molecule has 0 aliphatic heterocycles. The van der Waals surface area contributed by atoms with Crippen LogP contribution in [-0.4, -0.2) is 24.7 Å². The summed E-state index contributed by atoms with van der Waals surface area (Å²) in [6.45, 7) is 9.38. The van der Waals surface area contributed by atoms with Gasteiger partial charge in [-0.2, -0.15) is 0 Å². The largest absolute Gasteiger partial charge is 0.461 e. The fourth-order valence-corrected chi connectivity index (χ4v) is 2.28. The smallest absolute Gasteiger partial charge is 0.407 e. The monoisotopic (exact) mass is 331 g/mol. The van der Waals surface area contributed by atoms with Crippen molar-refractivity contribution in [2.75, 3.05) is 6.61 Å². The van der Waals surface area contributed by atoms with Crippen LogP contribution in [0.25, 0.3) is 0 Å². The van der Waals surface area contributed by atoms with E-state index in [9.17, 15) is 9.59 Å². The first-order valence-electron chi connectivity index (χ1n) is 7.98. The molecule has 1 rings (SSSR count). The molecule has 1 aromatic carbocycles. The van der Waals surface area contributed by atoms with Gasteiger partial charge in [0.05, 0.1) is 5.92 Å². The van der Waals surface area contributed by atoms with Gasteiger partial charge in [-0.1, -0.05) is 56.0 Å². The Kier molecular flexibility index (Phi) is 8.97. The van der Waals surface area contributed by atoms with Crippen LogP contribution in [0.4, 0.5) is 4.79 Å². The molecule has 130 valence electrons. The average molecular weight is 331 g/mol. The number of hydrogen-bond donors (Lipinski definition) is 1. The molecule has 5 nitrogen and oxygen atoms in total. The van der Waals surface area contributed by atoms with Crippen LogP contribution in [-0.2, 0) is 20.9 Å². The maximum atomic E-state index is 12.1. The highest BCUT2D eigenvalue weighted by Gasteiger charge is 2.29. The number of rotatable bonds is 10. The van der Waals surface area contributed by atoms with Gasteiger partial charge in [-0.05, 0) is 18.4 Å². The van der Waals surface area contributed by atoms with Crippen molar-refractivity contribution in [3.63, 3.8) is 0 Å². The number of alkyl carbamates (subject to hydrolysis) is 1. The number of carbonyl (C=O) groups excluding carboxylic acids is 2. The van der Waals surface area contributed by atoms with Gasteiger partial charge in [-0.25, -0.2) is 4.79 Å². The van der Waals surface area contributed by atoms with Crippen LogP contribution in [0.1, 0.15) is 25.3 Å². The Morgan fingerprint density at radius 3 is 2.46 bits per heavy atom. The zero-order valence-electron chi connectivity index (χ0n) is 14.1. The molecule has 0 heterocycles. The number of carbonyl (C=O) groups is 2. The Hall–Kier alpha value is -2.56. The number of hydrogen-bond acceptors (Lipinski definition) is 4. The Morgan fingerprint density at radius 2 is 1.88 bits per heavy atom. The molecule has 0 aliphatic carbocycles. The molecule has 1 amide bonds. The number of benzene rings is 1. The first-order chi connectivity index (χ1) is 11.6. The lowest BCUT2D eigenvalue weighted by Gasteiger charge is -2.24. The summed E-state index contributed by atoms with van der Waals surface area (Å²) in [7, 11) is 0. The van der Waals surface area contributed by atoms with E-state index in [0.717, 1.165) is 5.56 Å². The summed E-state index contributed by atoms with van der Waals surface area (Å²) in [4.78, 5) is 24.1. The lowest BCUT2D eigenvalue weighted by molar-refractivity contribution is -0.148. The molecule has 0 radical (unpaired) electrons. The second-order valence-electron chi connectivity index (χ2n) is 5.27. The van der Waals surface area contributed by atoms with Crippen LogP contribution in [0.5, 0.6) is 0 Å². The SMILES string of the molecule is C=CCOC(=O)[C@H](CC)[C@H](CC=C)NC(=O)OCc1ccccc1. The van der Waals surface area contributed by atoms with Gasteiger partial charge in [0.2, 0.25) is 0 Å². The van der Waals surface area contributed by atoms with Crippen molar-refractivity contribution < 1.29 is 19.1 Å². The molecule has 1 aromatic rings. The van der Waals surface area contributed by atoms with Crippen molar-refractivity contribution in [2.24, 2.45) is 5.92 Å². The second kappa shape index (κ2) is 11.0. The fraction of sp³-hybridized carbons (Fsp3) is 0.368. The molecule has 0 spiro atoms. The van der Waals surface area contributed by atoms with Crippen molar-refractivity contribution in [3.8, 4) is 0 Å². The molecule has 0 aliphatic rings. The third kappa shape index (κ3) is 6.69. The van der Waals surface area contributed by atoms with E-state index in [0.29, 0.717) is 12.8 Å². The van der Waals surface area contributed by atoms with Gasteiger partial charge < -0.3 is 14.8 Å². The number of amides is 1. The lowest BCUT2D eigenvalue weighted by Crippen LogP contribution is -2.43. The Morgan fingerprint density at radius 1 is 1.17 bits per heavy atom. The lowest BCUT2D eigenvalue weighted by atomic mass is 9.94. The summed E-state index contributed by atoms with van der Waals surface area (Å²) in [6, 6.07) is 8.96. The van der Waals surface area contributed by atoms with E-state index in [2.05, 4.69) is 18.5 Å². The Bertz CT molecular complexity index is 542. The van der Waals surface area contributed by atoms with Gasteiger partial charge >= 0.3 is 12.1 Å². The van der Waals surface area contributed by atoms with Crippen LogP contribution in [0, 0.1) is 5.92 Å².